The van der Waals surface area contributed by atoms with Crippen LogP contribution in [0.2, 0.25) is 0 Å². The van der Waals surface area contributed by atoms with Crippen molar-refractivity contribution >= 4 is 29.3 Å². The minimum atomic E-state index is -0.741. The Bertz CT molecular complexity index is 1510. The van der Waals surface area contributed by atoms with E-state index in [1.54, 1.807) is 87.3 Å². The second-order valence-corrected chi connectivity index (χ2v) is 10.5. The van der Waals surface area contributed by atoms with Gasteiger partial charge in [0.25, 0.3) is 0 Å². The smallest absolute Gasteiger partial charge is 0.416 e. The molecule has 2 aromatic carbocycles. The molecule has 42 heavy (non-hydrogen) atoms. The standard InChI is InChI=1S/C33H36N4O5/c1-8-13-24(9-2)35-22-27-28(37(31(35)38)25-14-11-10-12-15-25)18-19-30(34-27)36(32(39)42-33(3,4)5)21-23-16-17-26(40-6)20-29(23)41-7/h8-20H,1-2,21-22H2,3-7H3/b24-13+. The number of amides is 3. The maximum Gasteiger partial charge on any atom is 0.416 e. The Balaban J connectivity index is 1.84. The van der Waals surface area contributed by atoms with Crippen molar-refractivity contribution in [3.8, 4) is 11.5 Å². The summed E-state index contributed by atoms with van der Waals surface area (Å²) in [6.45, 7) is 13.4. The highest BCUT2D eigenvalue weighted by Crippen LogP contribution is 2.37. The molecule has 0 radical (unpaired) electrons. The molecule has 0 aliphatic carbocycles. The number of methoxy groups -OCH3 is 2. The predicted octanol–water partition coefficient (Wildman–Crippen LogP) is 7.37. The number of allylic oxidation sites excluding steroid dienone is 3. The Morgan fingerprint density at radius 3 is 2.40 bits per heavy atom. The fourth-order valence-electron chi connectivity index (χ4n) is 4.52. The van der Waals surface area contributed by atoms with Crippen molar-refractivity contribution in [3.63, 3.8) is 0 Å². The van der Waals surface area contributed by atoms with Crippen LogP contribution < -0.4 is 19.3 Å². The van der Waals surface area contributed by atoms with E-state index >= 15 is 0 Å². The van der Waals surface area contributed by atoms with Gasteiger partial charge in [-0.25, -0.2) is 14.6 Å². The lowest BCUT2D eigenvalue weighted by molar-refractivity contribution is 0.0576. The summed E-state index contributed by atoms with van der Waals surface area (Å²) in [5.41, 5.74) is 2.43. The minimum Gasteiger partial charge on any atom is -0.497 e. The molecular weight excluding hydrogens is 532 g/mol. The first kappa shape index (κ1) is 29.9. The third kappa shape index (κ3) is 6.46. The third-order valence-electron chi connectivity index (χ3n) is 6.44. The molecule has 0 bridgehead atoms. The van der Waals surface area contributed by atoms with Crippen molar-refractivity contribution in [2.24, 2.45) is 0 Å². The Morgan fingerprint density at radius 1 is 1.05 bits per heavy atom. The highest BCUT2D eigenvalue weighted by Gasteiger charge is 2.35. The summed E-state index contributed by atoms with van der Waals surface area (Å²) in [5, 5.41) is 0. The SMILES string of the molecule is C=C/C=C(\C=C)N1Cc2nc(N(Cc3ccc(OC)cc3OC)C(=O)OC(C)(C)C)ccc2N(c2ccccc2)C1=O. The van der Waals surface area contributed by atoms with Gasteiger partial charge in [0.1, 0.15) is 22.9 Å². The Morgan fingerprint density at radius 2 is 1.79 bits per heavy atom. The molecule has 9 heteroatoms. The van der Waals surface area contributed by atoms with Gasteiger partial charge in [-0.05, 0) is 69.3 Å². The predicted molar refractivity (Wildman–Crippen MR) is 164 cm³/mol. The van der Waals surface area contributed by atoms with Crippen LogP contribution in [0, 0.1) is 0 Å². The van der Waals surface area contributed by atoms with E-state index in [1.165, 1.54) is 4.90 Å². The first-order valence-electron chi connectivity index (χ1n) is 13.4. The van der Waals surface area contributed by atoms with E-state index in [0.717, 1.165) is 5.56 Å². The molecule has 0 atom stereocenters. The molecule has 1 aliphatic heterocycles. The Kier molecular flexibility index (Phi) is 9.00. The number of nitrogens with zero attached hydrogens (tertiary/aromatic N) is 4. The summed E-state index contributed by atoms with van der Waals surface area (Å²) in [7, 11) is 3.14. The molecule has 0 N–H and O–H groups in total. The number of carbonyl (C=O) groups excluding carboxylic acids is 2. The number of fused-ring (bicyclic) bond motifs is 1. The van der Waals surface area contributed by atoms with Crippen LogP contribution in [0.3, 0.4) is 0 Å². The number of hydrogen-bond acceptors (Lipinski definition) is 6. The Hall–Kier alpha value is -5.05. The number of para-hydroxylation sites is 1. The molecule has 3 aromatic rings. The molecular formula is C33H36N4O5. The summed E-state index contributed by atoms with van der Waals surface area (Å²) in [4.78, 5) is 36.9. The van der Waals surface area contributed by atoms with Crippen molar-refractivity contribution in [2.45, 2.75) is 39.5 Å². The van der Waals surface area contributed by atoms with Crippen molar-refractivity contribution < 1.29 is 23.8 Å². The van der Waals surface area contributed by atoms with Crippen molar-refractivity contribution in [3.05, 3.63) is 109 Å². The van der Waals surface area contributed by atoms with E-state index in [1.807, 2.05) is 36.4 Å². The summed E-state index contributed by atoms with van der Waals surface area (Å²) in [6.07, 6.45) is 4.34. The number of hydrogen-bond donors (Lipinski definition) is 0. The molecule has 0 unspecified atom stereocenters. The van der Waals surface area contributed by atoms with Crippen LogP contribution in [-0.4, -0.2) is 41.8 Å². The van der Waals surface area contributed by atoms with Crippen LogP contribution in [0.15, 0.2) is 97.7 Å². The number of pyridine rings is 1. The molecule has 218 valence electrons. The van der Waals surface area contributed by atoms with Crippen LogP contribution in [0.1, 0.15) is 32.0 Å². The van der Waals surface area contributed by atoms with E-state index in [2.05, 4.69) is 13.2 Å². The van der Waals surface area contributed by atoms with Gasteiger partial charge in [-0.15, -0.1) is 0 Å². The summed E-state index contributed by atoms with van der Waals surface area (Å²) in [5.74, 6) is 1.54. The number of aromatic nitrogens is 1. The molecule has 4 rings (SSSR count). The average molecular weight is 569 g/mol. The fraction of sp³-hybridized carbons (Fsp3) is 0.242. The van der Waals surface area contributed by atoms with Crippen molar-refractivity contribution in [2.75, 3.05) is 24.0 Å². The molecule has 0 spiro atoms. The van der Waals surface area contributed by atoms with Crippen LogP contribution in [0.25, 0.3) is 0 Å². The van der Waals surface area contributed by atoms with Gasteiger partial charge < -0.3 is 14.2 Å². The molecule has 9 nitrogen and oxygen atoms in total. The van der Waals surface area contributed by atoms with Crippen LogP contribution >= 0.6 is 0 Å². The summed E-state index contributed by atoms with van der Waals surface area (Å²) in [6, 6.07) is 18.0. The van der Waals surface area contributed by atoms with Gasteiger partial charge in [-0.3, -0.25) is 14.7 Å². The van der Waals surface area contributed by atoms with Gasteiger partial charge in [-0.1, -0.05) is 37.4 Å². The van der Waals surface area contributed by atoms with E-state index in [-0.39, 0.29) is 19.1 Å². The van der Waals surface area contributed by atoms with Crippen LogP contribution in [0.5, 0.6) is 11.5 Å². The van der Waals surface area contributed by atoms with Gasteiger partial charge >= 0.3 is 12.1 Å². The molecule has 3 amide bonds. The van der Waals surface area contributed by atoms with Gasteiger partial charge in [-0.2, -0.15) is 0 Å². The maximum absolute atomic E-state index is 13.8. The second-order valence-electron chi connectivity index (χ2n) is 10.5. The fourth-order valence-corrected chi connectivity index (χ4v) is 4.52. The third-order valence-corrected chi connectivity index (χ3v) is 6.44. The van der Waals surface area contributed by atoms with Gasteiger partial charge in [0.05, 0.1) is 44.4 Å². The van der Waals surface area contributed by atoms with E-state index in [9.17, 15) is 9.59 Å². The largest absolute Gasteiger partial charge is 0.497 e. The minimum absolute atomic E-state index is 0.118. The van der Waals surface area contributed by atoms with Gasteiger partial charge in [0.2, 0.25) is 0 Å². The summed E-state index contributed by atoms with van der Waals surface area (Å²) >= 11 is 0. The number of urea groups is 1. The molecule has 1 aromatic heterocycles. The average Bonchev–Trinajstić information content (AvgIpc) is 2.97. The molecule has 0 fully saturated rings. The zero-order valence-corrected chi connectivity index (χ0v) is 24.7. The number of carbonyl (C=O) groups is 2. The molecule has 1 aliphatic rings. The Labute approximate surface area is 246 Å². The zero-order chi connectivity index (χ0) is 30.4. The van der Waals surface area contributed by atoms with E-state index < -0.39 is 11.7 Å². The normalized spacial score (nSPS) is 13.3. The lowest BCUT2D eigenvalue weighted by atomic mass is 10.1. The molecule has 0 saturated carbocycles. The number of rotatable bonds is 9. The first-order chi connectivity index (χ1) is 20.1. The topological polar surface area (TPSA) is 84.4 Å². The highest BCUT2D eigenvalue weighted by atomic mass is 16.6. The highest BCUT2D eigenvalue weighted by molar-refractivity contribution is 6.02. The molecule has 2 heterocycles. The maximum atomic E-state index is 13.8. The quantitative estimate of drug-likeness (QED) is 0.251. The number of anilines is 3. The van der Waals surface area contributed by atoms with Crippen LogP contribution in [-0.2, 0) is 17.8 Å². The van der Waals surface area contributed by atoms with Gasteiger partial charge in [0.15, 0.2) is 0 Å². The zero-order valence-electron chi connectivity index (χ0n) is 24.7. The van der Waals surface area contributed by atoms with Crippen LogP contribution in [0.4, 0.5) is 26.8 Å². The number of benzene rings is 2. The lowest BCUT2D eigenvalue weighted by Gasteiger charge is -2.37. The van der Waals surface area contributed by atoms with E-state index in [4.69, 9.17) is 19.2 Å². The van der Waals surface area contributed by atoms with E-state index in [0.29, 0.717) is 40.1 Å². The number of ether oxygens (including phenoxy) is 3. The lowest BCUT2D eigenvalue weighted by Crippen LogP contribution is -2.44. The van der Waals surface area contributed by atoms with Crippen molar-refractivity contribution in [1.29, 1.82) is 0 Å². The summed E-state index contributed by atoms with van der Waals surface area (Å²) < 4.78 is 16.7. The second kappa shape index (κ2) is 12.6. The van der Waals surface area contributed by atoms with Gasteiger partial charge in [0, 0.05) is 17.3 Å². The first-order valence-corrected chi connectivity index (χ1v) is 13.4. The molecule has 0 saturated heterocycles. The van der Waals surface area contributed by atoms with Crippen molar-refractivity contribution in [1.82, 2.24) is 9.88 Å². The monoisotopic (exact) mass is 568 g/mol.